The molecule has 0 rings (SSSR count). The molecule has 0 saturated heterocycles. The van der Waals surface area contributed by atoms with Crippen molar-refractivity contribution >= 4 is 0 Å². The second-order valence-electron chi connectivity index (χ2n) is 0.298. The van der Waals surface area contributed by atoms with E-state index in [2.05, 4.69) is 0 Å². The average Bonchev–Trinajstić information content (AvgIpc) is 1.92. The molecule has 81 valence electrons. The quantitative estimate of drug-likeness (QED) is 0.440. The molecule has 0 aromatic heterocycles. The van der Waals surface area contributed by atoms with Crippen molar-refractivity contribution in [3.8, 4) is 0 Å². The zero-order valence-electron chi connectivity index (χ0n) is 5.39. The van der Waals surface area contributed by atoms with Gasteiger partial charge in [0.1, 0.15) is 0 Å². The molecule has 0 fully saturated rings. The van der Waals surface area contributed by atoms with Crippen molar-refractivity contribution in [2.45, 2.75) is 0 Å². The Kier molecular flexibility index (Phi) is 442. The maximum atomic E-state index is 8.00. The first-order valence-corrected chi connectivity index (χ1v) is 1.46. The molecule has 0 spiro atoms. The first-order chi connectivity index (χ1) is 5.66. The third-order valence-corrected chi connectivity index (χ3v) is 0. The Labute approximate surface area is 79.5 Å². The van der Waals surface area contributed by atoms with Gasteiger partial charge in [-0.25, -0.2) is 0 Å². The summed E-state index contributed by atoms with van der Waals surface area (Å²) in [5, 5.41) is 36.0. The van der Waals surface area contributed by atoms with E-state index in [4.69, 9.17) is 40.5 Å². The van der Waals surface area contributed by atoms with E-state index in [0.717, 1.165) is 21.4 Å². The predicted octanol–water partition coefficient (Wildman–Crippen LogP) is 1.000. The first-order valence-electron chi connectivity index (χ1n) is 1.46. The molecule has 0 heterocycles. The Hall–Kier alpha value is -1.89. The topological polar surface area (TPSA) is 210 Å². The van der Waals surface area contributed by atoms with E-state index in [0.29, 0.717) is 0 Å². The van der Waals surface area contributed by atoms with Gasteiger partial charge in [-0.05, 0) is 0 Å². The van der Waals surface area contributed by atoms with Gasteiger partial charge in [0, 0.05) is 16.8 Å². The van der Waals surface area contributed by atoms with Gasteiger partial charge < -0.3 is 40.5 Å². The van der Waals surface area contributed by atoms with E-state index < -0.39 is 0 Å². The Balaban J connectivity index is -0.0000000213. The van der Waals surface area contributed by atoms with Crippen LogP contribution in [0.2, 0.25) is 0 Å². The van der Waals surface area contributed by atoms with Crippen LogP contribution in [0.3, 0.4) is 0 Å². The minimum absolute atomic E-state index is 0. The molecule has 0 aliphatic rings. The fraction of sp³-hybridized carbons (Fsp3) is 0. The second kappa shape index (κ2) is 189. The molecule has 0 bridgehead atoms. The fourth-order valence-corrected chi connectivity index (χ4v) is 0. The van der Waals surface area contributed by atoms with Crippen LogP contribution < -0.4 is 0 Å². The van der Waals surface area contributed by atoms with Crippen LogP contribution >= 0.6 is 0 Å². The summed E-state index contributed by atoms with van der Waals surface area (Å²) in [6.07, 6.45) is 0. The molecule has 0 aliphatic heterocycles. The molecule has 0 saturated carbocycles. The summed E-state index contributed by atoms with van der Waals surface area (Å²) >= 11 is 0. The van der Waals surface area contributed by atoms with Crippen LogP contribution in [0.15, 0.2) is 21.4 Å². The zero-order chi connectivity index (χ0) is 10.8. The van der Waals surface area contributed by atoms with Gasteiger partial charge >= 0.3 is 0 Å². The van der Waals surface area contributed by atoms with E-state index in [1.54, 1.807) is 0 Å². The molecule has 0 unspecified atom stereocenters. The van der Waals surface area contributed by atoms with Crippen LogP contribution in [0, 0.1) is 40.5 Å². The average molecular weight is 243 g/mol. The Morgan fingerprint density at radius 3 is 0.538 bits per heavy atom. The van der Waals surface area contributed by atoms with Crippen LogP contribution in [0.25, 0.3) is 0 Å². The second-order valence-corrected chi connectivity index (χ2v) is 0.298. The number of nitrogens with zero attached hydrogens (tertiary/aromatic N) is 4. The smallest absolute Gasteiger partial charge is 0 e. The van der Waals surface area contributed by atoms with Gasteiger partial charge in [0.05, 0.1) is 0 Å². The maximum Gasteiger partial charge on any atom is 0 e. The monoisotopic (exact) mass is 243 g/mol. The van der Waals surface area contributed by atoms with Crippen molar-refractivity contribution in [2.75, 3.05) is 0 Å². The van der Waals surface area contributed by atoms with Gasteiger partial charge in [0.2, 0.25) is 0 Å². The van der Waals surface area contributed by atoms with Crippen molar-refractivity contribution in [1.29, 1.82) is 0 Å². The van der Waals surface area contributed by atoms with Crippen molar-refractivity contribution in [2.24, 2.45) is 21.4 Å². The van der Waals surface area contributed by atoms with Gasteiger partial charge in [-0.15, -0.1) is 21.4 Å². The first kappa shape index (κ1) is 30.4. The van der Waals surface area contributed by atoms with Crippen molar-refractivity contribution in [3.63, 3.8) is 0 Å². The van der Waals surface area contributed by atoms with Crippen LogP contribution in [0.4, 0.5) is 0 Å². The summed E-state index contributed by atoms with van der Waals surface area (Å²) in [5.74, 6) is 0. The summed E-state index contributed by atoms with van der Waals surface area (Å²) in [4.78, 5) is 32.0. The molecule has 1 radical (unpaired) electrons. The van der Waals surface area contributed by atoms with E-state index in [9.17, 15) is 0 Å². The number of hydrogen-bond donors (Lipinski definition) is 0. The summed E-state index contributed by atoms with van der Waals surface area (Å²) in [7, 11) is 0. The molecule has 12 nitrogen and oxygen atoms in total. The van der Waals surface area contributed by atoms with Crippen molar-refractivity contribution in [3.05, 3.63) is 40.5 Å². The third-order valence-electron chi connectivity index (χ3n) is 0. The van der Waals surface area contributed by atoms with Crippen LogP contribution in [-0.2, 0) is 16.8 Å². The maximum absolute atomic E-state index is 8.00. The van der Waals surface area contributed by atoms with Crippen LogP contribution in [0.5, 0.6) is 0 Å². The molecule has 0 aromatic carbocycles. The Morgan fingerprint density at radius 2 is 0.538 bits per heavy atom. The Morgan fingerprint density at radius 1 is 0.538 bits per heavy atom. The summed E-state index contributed by atoms with van der Waals surface area (Å²) < 4.78 is 0. The number of rotatable bonds is 0. The van der Waals surface area contributed by atoms with Crippen LogP contribution in [-0.4, -0.2) is 0 Å². The van der Waals surface area contributed by atoms with E-state index in [-0.39, 0.29) is 16.8 Å². The molecule has 0 amide bonds. The molecule has 13 heteroatoms. The predicted molar refractivity (Wildman–Crippen MR) is 36.6 cm³/mol. The minimum Gasteiger partial charge on any atom is -0.444 e. The van der Waals surface area contributed by atoms with Gasteiger partial charge in [0.25, 0.3) is 0 Å². The molecule has 0 aromatic rings. The van der Waals surface area contributed by atoms with Crippen LogP contribution in [0.1, 0.15) is 0 Å². The zero-order valence-corrected chi connectivity index (χ0v) is 6.43. The molecule has 13 heavy (non-hydrogen) atoms. The molecular formula is CoN4O8-4. The molecular weight excluding hydrogens is 243 g/mol. The molecule has 0 atom stereocenters. The fourth-order valence-electron chi connectivity index (χ4n) is 0. The standard InChI is InChI=1S/Co.4HNO2/c;4*2-1-3/h;4*(H,2,3)/p-4. The summed E-state index contributed by atoms with van der Waals surface area (Å²) in [5.41, 5.74) is 0. The Bertz CT molecular complexity index is 70.1. The van der Waals surface area contributed by atoms with Crippen molar-refractivity contribution in [1.82, 2.24) is 0 Å². The van der Waals surface area contributed by atoms with Crippen molar-refractivity contribution < 1.29 is 16.8 Å². The minimum atomic E-state index is 0. The normalized spacial score (nSPS) is 3.69. The van der Waals surface area contributed by atoms with Gasteiger partial charge in [0.15, 0.2) is 0 Å². The molecule has 0 N–H and O–H groups in total. The SMILES string of the molecule is O=N[O-].O=N[O-].O=N[O-].O=N[O-].[Co]. The summed E-state index contributed by atoms with van der Waals surface area (Å²) in [6, 6.07) is 0. The third kappa shape index (κ3) is 185. The summed E-state index contributed by atoms with van der Waals surface area (Å²) in [6.45, 7) is 0. The molecule has 0 aliphatic carbocycles. The van der Waals surface area contributed by atoms with Gasteiger partial charge in [-0.1, -0.05) is 0 Å². The van der Waals surface area contributed by atoms with Gasteiger partial charge in [-0.2, -0.15) is 0 Å². The van der Waals surface area contributed by atoms with E-state index in [1.165, 1.54) is 0 Å². The number of hydrogen-bond acceptors (Lipinski definition) is 12. The largest absolute Gasteiger partial charge is 0.444 e. The van der Waals surface area contributed by atoms with Gasteiger partial charge in [-0.3, -0.25) is 0 Å². The van der Waals surface area contributed by atoms with E-state index >= 15 is 0 Å². The van der Waals surface area contributed by atoms with E-state index in [1.807, 2.05) is 0 Å².